The van der Waals surface area contributed by atoms with Gasteiger partial charge in [0.25, 0.3) is 0 Å². The minimum Gasteiger partial charge on any atom is -0.384 e. The summed E-state index contributed by atoms with van der Waals surface area (Å²) in [7, 11) is 1.62. The topological polar surface area (TPSA) is 76.3 Å². The molecule has 19 heavy (non-hydrogen) atoms. The van der Waals surface area contributed by atoms with Crippen molar-refractivity contribution in [1.29, 1.82) is 0 Å². The first-order chi connectivity index (χ1) is 9.28. The van der Waals surface area contributed by atoms with Crippen molar-refractivity contribution in [2.75, 3.05) is 44.3 Å². The molecule has 3 N–H and O–H groups in total. The Morgan fingerprint density at radius 3 is 2.84 bits per heavy atom. The molecule has 2 heterocycles. The molecule has 1 aliphatic rings. The second-order valence-corrected chi connectivity index (χ2v) is 4.86. The largest absolute Gasteiger partial charge is 0.384 e. The molecule has 2 rings (SSSR count). The molecule has 1 aliphatic heterocycles. The Morgan fingerprint density at radius 1 is 1.32 bits per heavy atom. The third-order valence-electron chi connectivity index (χ3n) is 3.25. The van der Waals surface area contributed by atoms with Gasteiger partial charge in [-0.05, 0) is 25.9 Å². The van der Waals surface area contributed by atoms with E-state index in [4.69, 9.17) is 10.5 Å². The molecule has 0 bridgehead atoms. The predicted molar refractivity (Wildman–Crippen MR) is 75.9 cm³/mol. The number of nitrogens with two attached hydrogens (primary N) is 1. The predicted octanol–water partition coefficient (Wildman–Crippen LogP) is 1.10. The molecule has 0 amide bonds. The first-order valence-electron chi connectivity index (χ1n) is 6.86. The van der Waals surface area contributed by atoms with Gasteiger partial charge in [0, 0.05) is 26.3 Å². The van der Waals surface area contributed by atoms with E-state index in [1.54, 1.807) is 13.2 Å². The standard InChI is InChI=1S/C13H23N5O/c1-19-10-13-16-11(14)9-12(17-13)15-5-8-18-6-3-2-4-7-18/h9H,2-8,10H2,1H3,(H3,14,15,16,17). The van der Waals surface area contributed by atoms with Gasteiger partial charge in [-0.25, -0.2) is 9.97 Å². The number of hydrogen-bond acceptors (Lipinski definition) is 6. The van der Waals surface area contributed by atoms with E-state index in [1.165, 1.54) is 32.4 Å². The highest BCUT2D eigenvalue weighted by atomic mass is 16.5. The summed E-state index contributed by atoms with van der Waals surface area (Å²) in [6.07, 6.45) is 4.00. The van der Waals surface area contributed by atoms with Gasteiger partial charge in [-0.3, -0.25) is 0 Å². The van der Waals surface area contributed by atoms with Crippen LogP contribution in [0.4, 0.5) is 11.6 Å². The Balaban J connectivity index is 1.81. The van der Waals surface area contributed by atoms with E-state index in [1.807, 2.05) is 0 Å². The summed E-state index contributed by atoms with van der Waals surface area (Å²) in [4.78, 5) is 11.0. The zero-order chi connectivity index (χ0) is 13.5. The molecule has 0 unspecified atom stereocenters. The van der Waals surface area contributed by atoms with Crippen molar-refractivity contribution >= 4 is 11.6 Å². The zero-order valence-electron chi connectivity index (χ0n) is 11.6. The Kier molecular flexibility index (Phi) is 5.35. The van der Waals surface area contributed by atoms with Gasteiger partial charge in [0.2, 0.25) is 0 Å². The highest BCUT2D eigenvalue weighted by Crippen LogP contribution is 2.10. The van der Waals surface area contributed by atoms with Gasteiger partial charge in [-0.15, -0.1) is 0 Å². The van der Waals surface area contributed by atoms with Crippen molar-refractivity contribution in [3.8, 4) is 0 Å². The lowest BCUT2D eigenvalue weighted by molar-refractivity contribution is 0.178. The maximum atomic E-state index is 5.75. The normalized spacial score (nSPS) is 16.5. The minimum atomic E-state index is 0.381. The second kappa shape index (κ2) is 7.25. The van der Waals surface area contributed by atoms with Crippen LogP contribution in [-0.4, -0.2) is 48.2 Å². The lowest BCUT2D eigenvalue weighted by Crippen LogP contribution is -2.33. The van der Waals surface area contributed by atoms with Crippen LogP contribution in [0.2, 0.25) is 0 Å². The van der Waals surface area contributed by atoms with Crippen molar-refractivity contribution in [3.05, 3.63) is 11.9 Å². The molecule has 1 saturated heterocycles. The number of piperidine rings is 1. The number of nitrogens with one attached hydrogen (secondary N) is 1. The molecule has 0 saturated carbocycles. The van der Waals surface area contributed by atoms with E-state index in [0.717, 1.165) is 18.9 Å². The van der Waals surface area contributed by atoms with Crippen LogP contribution in [0.15, 0.2) is 6.07 Å². The van der Waals surface area contributed by atoms with Crippen molar-refractivity contribution < 1.29 is 4.74 Å². The molecule has 6 heteroatoms. The molecule has 1 aromatic heterocycles. The van der Waals surface area contributed by atoms with Crippen LogP contribution in [0, 0.1) is 0 Å². The van der Waals surface area contributed by atoms with Gasteiger partial charge in [0.15, 0.2) is 5.82 Å². The summed E-state index contributed by atoms with van der Waals surface area (Å²) in [6, 6.07) is 1.76. The first kappa shape index (κ1) is 14.0. The van der Waals surface area contributed by atoms with Crippen LogP contribution >= 0.6 is 0 Å². The van der Waals surface area contributed by atoms with Gasteiger partial charge < -0.3 is 20.7 Å². The van der Waals surface area contributed by atoms with Crippen LogP contribution in [-0.2, 0) is 11.3 Å². The van der Waals surface area contributed by atoms with E-state index in [2.05, 4.69) is 20.2 Å². The van der Waals surface area contributed by atoms with Gasteiger partial charge in [-0.2, -0.15) is 0 Å². The molecule has 0 aromatic carbocycles. The second-order valence-electron chi connectivity index (χ2n) is 4.86. The molecule has 0 aliphatic carbocycles. The van der Waals surface area contributed by atoms with E-state index >= 15 is 0 Å². The molecule has 0 spiro atoms. The quantitative estimate of drug-likeness (QED) is 0.802. The minimum absolute atomic E-state index is 0.381. The van der Waals surface area contributed by atoms with E-state index in [-0.39, 0.29) is 0 Å². The fourth-order valence-electron chi connectivity index (χ4n) is 2.33. The van der Waals surface area contributed by atoms with E-state index in [0.29, 0.717) is 18.2 Å². The monoisotopic (exact) mass is 265 g/mol. The molecule has 6 nitrogen and oxygen atoms in total. The summed E-state index contributed by atoms with van der Waals surface area (Å²) in [6.45, 7) is 4.73. The van der Waals surface area contributed by atoms with Crippen molar-refractivity contribution in [3.63, 3.8) is 0 Å². The van der Waals surface area contributed by atoms with Crippen LogP contribution < -0.4 is 11.1 Å². The fourth-order valence-corrected chi connectivity index (χ4v) is 2.33. The molecule has 106 valence electrons. The first-order valence-corrected chi connectivity index (χ1v) is 6.86. The maximum absolute atomic E-state index is 5.75. The van der Waals surface area contributed by atoms with Crippen LogP contribution in [0.25, 0.3) is 0 Å². The van der Waals surface area contributed by atoms with Crippen molar-refractivity contribution in [1.82, 2.24) is 14.9 Å². The Bertz CT molecular complexity index is 393. The summed E-state index contributed by atoms with van der Waals surface area (Å²) >= 11 is 0. The van der Waals surface area contributed by atoms with Crippen molar-refractivity contribution in [2.45, 2.75) is 25.9 Å². The van der Waals surface area contributed by atoms with Gasteiger partial charge in [-0.1, -0.05) is 6.42 Å². The number of aromatic nitrogens is 2. The summed E-state index contributed by atoms with van der Waals surface area (Å²) in [5.74, 6) is 1.86. The lowest BCUT2D eigenvalue weighted by Gasteiger charge is -2.26. The highest BCUT2D eigenvalue weighted by Gasteiger charge is 2.09. The number of rotatable bonds is 6. The van der Waals surface area contributed by atoms with Crippen molar-refractivity contribution in [2.24, 2.45) is 0 Å². The Labute approximate surface area is 114 Å². The van der Waals surface area contributed by atoms with Gasteiger partial charge >= 0.3 is 0 Å². The number of methoxy groups -OCH3 is 1. The van der Waals surface area contributed by atoms with Crippen LogP contribution in [0.3, 0.4) is 0 Å². The van der Waals surface area contributed by atoms with Crippen LogP contribution in [0.5, 0.6) is 0 Å². The average Bonchev–Trinajstić information content (AvgIpc) is 2.40. The lowest BCUT2D eigenvalue weighted by atomic mass is 10.1. The third kappa shape index (κ3) is 4.65. The van der Waals surface area contributed by atoms with Gasteiger partial charge in [0.1, 0.15) is 18.2 Å². The molecular formula is C13H23N5O. The molecule has 0 atom stereocenters. The smallest absolute Gasteiger partial charge is 0.158 e. The average molecular weight is 265 g/mol. The molecular weight excluding hydrogens is 242 g/mol. The SMILES string of the molecule is COCc1nc(N)cc(NCCN2CCCCC2)n1. The van der Waals surface area contributed by atoms with Gasteiger partial charge in [0.05, 0.1) is 0 Å². The number of anilines is 2. The summed E-state index contributed by atoms with van der Waals surface area (Å²) in [5.41, 5.74) is 5.75. The van der Waals surface area contributed by atoms with E-state index in [9.17, 15) is 0 Å². The summed E-state index contributed by atoms with van der Waals surface area (Å²) < 4.78 is 5.02. The summed E-state index contributed by atoms with van der Waals surface area (Å²) in [5, 5.41) is 3.30. The number of nitrogens with zero attached hydrogens (tertiary/aromatic N) is 3. The number of nitrogen functional groups attached to an aromatic ring is 1. The number of hydrogen-bond donors (Lipinski definition) is 2. The number of ether oxygens (including phenoxy) is 1. The zero-order valence-corrected chi connectivity index (χ0v) is 11.6. The third-order valence-corrected chi connectivity index (χ3v) is 3.25. The Morgan fingerprint density at radius 2 is 2.11 bits per heavy atom. The molecule has 0 radical (unpaired) electrons. The molecule has 1 fully saturated rings. The van der Waals surface area contributed by atoms with E-state index < -0.39 is 0 Å². The maximum Gasteiger partial charge on any atom is 0.158 e. The molecule has 1 aromatic rings. The number of likely N-dealkylation sites (tertiary alicyclic amines) is 1. The Hall–Kier alpha value is -1.40. The highest BCUT2D eigenvalue weighted by molar-refractivity contribution is 5.44. The van der Waals surface area contributed by atoms with Crippen LogP contribution in [0.1, 0.15) is 25.1 Å². The fraction of sp³-hybridized carbons (Fsp3) is 0.692.